The Morgan fingerprint density at radius 2 is 1.62 bits per heavy atom. The summed E-state index contributed by atoms with van der Waals surface area (Å²) in [5.41, 5.74) is 0.268. The van der Waals surface area contributed by atoms with Crippen LogP contribution in [0.3, 0.4) is 0 Å². The van der Waals surface area contributed by atoms with Gasteiger partial charge in [-0.2, -0.15) is 10.5 Å². The Hall–Kier alpha value is -4.70. The number of carboxylic acid groups (broad SMARTS) is 1. The van der Waals surface area contributed by atoms with E-state index in [9.17, 15) is 29.7 Å². The van der Waals surface area contributed by atoms with Gasteiger partial charge in [0, 0.05) is 19.8 Å². The van der Waals surface area contributed by atoms with E-state index in [0.29, 0.717) is 10.5 Å². The monoisotopic (exact) mass is 431 g/mol. The van der Waals surface area contributed by atoms with Gasteiger partial charge < -0.3 is 15.3 Å². The maximum absolute atomic E-state index is 13.0. The number of rotatable bonds is 4. The highest BCUT2D eigenvalue weighted by Crippen LogP contribution is 2.36. The molecule has 0 radical (unpaired) electrons. The van der Waals surface area contributed by atoms with Gasteiger partial charge in [0.15, 0.2) is 0 Å². The van der Waals surface area contributed by atoms with E-state index in [0.717, 1.165) is 5.69 Å². The first kappa shape index (κ1) is 22.0. The van der Waals surface area contributed by atoms with E-state index < -0.39 is 35.8 Å². The maximum atomic E-state index is 13.0. The third-order valence-electron chi connectivity index (χ3n) is 5.07. The van der Waals surface area contributed by atoms with E-state index in [1.807, 2.05) is 25.1 Å². The SMILES string of the molecule is CC1=C(C#N)C(=O)N(CC(=O)O)C(=O)/C1=C1/NC(=O)C(c2ccc(N(C)C)cc2)=C1C#N. The molecule has 3 rings (SSSR count). The second kappa shape index (κ2) is 8.20. The van der Waals surface area contributed by atoms with Crippen molar-refractivity contribution < 1.29 is 24.3 Å². The number of allylic oxidation sites excluding steroid dienone is 1. The molecule has 0 atom stereocenters. The molecule has 160 valence electrons. The highest BCUT2D eigenvalue weighted by Gasteiger charge is 2.41. The van der Waals surface area contributed by atoms with Crippen molar-refractivity contribution in [3.63, 3.8) is 0 Å². The van der Waals surface area contributed by atoms with Gasteiger partial charge in [0.25, 0.3) is 17.7 Å². The number of nitrogens with zero attached hydrogens (tertiary/aromatic N) is 4. The highest BCUT2D eigenvalue weighted by atomic mass is 16.4. The predicted octanol–water partition coefficient (Wildman–Crippen LogP) is 0.707. The number of nitriles is 2. The Kier molecular flexibility index (Phi) is 5.64. The smallest absolute Gasteiger partial charge is 0.323 e. The van der Waals surface area contributed by atoms with Crippen molar-refractivity contribution in [1.82, 2.24) is 10.2 Å². The van der Waals surface area contributed by atoms with Gasteiger partial charge in [-0.15, -0.1) is 0 Å². The van der Waals surface area contributed by atoms with Crippen LogP contribution in [0.4, 0.5) is 5.69 Å². The molecule has 0 unspecified atom stereocenters. The molecule has 2 heterocycles. The Morgan fingerprint density at radius 1 is 1.03 bits per heavy atom. The summed E-state index contributed by atoms with van der Waals surface area (Å²) in [4.78, 5) is 51.6. The molecule has 3 amide bonds. The Morgan fingerprint density at radius 3 is 2.12 bits per heavy atom. The Balaban J connectivity index is 2.26. The van der Waals surface area contributed by atoms with Crippen LogP contribution >= 0.6 is 0 Å². The number of anilines is 1. The lowest BCUT2D eigenvalue weighted by molar-refractivity contribution is -0.149. The van der Waals surface area contributed by atoms with Crippen LogP contribution in [0.15, 0.2) is 52.3 Å². The lowest BCUT2D eigenvalue weighted by Gasteiger charge is -2.27. The van der Waals surface area contributed by atoms with Crippen molar-refractivity contribution in [2.75, 3.05) is 25.5 Å². The first-order valence-electron chi connectivity index (χ1n) is 9.29. The largest absolute Gasteiger partial charge is 0.480 e. The van der Waals surface area contributed by atoms with Crippen molar-refractivity contribution in [3.05, 3.63) is 57.8 Å². The van der Waals surface area contributed by atoms with Gasteiger partial charge in [-0.25, -0.2) is 0 Å². The average molecular weight is 431 g/mol. The van der Waals surface area contributed by atoms with Crippen molar-refractivity contribution in [3.8, 4) is 12.1 Å². The summed E-state index contributed by atoms with van der Waals surface area (Å²) in [6.07, 6.45) is 0. The number of carbonyl (C=O) groups excluding carboxylic acids is 3. The molecule has 10 heteroatoms. The number of hydrogen-bond donors (Lipinski definition) is 2. The van der Waals surface area contributed by atoms with Gasteiger partial charge >= 0.3 is 5.97 Å². The van der Waals surface area contributed by atoms with Crippen molar-refractivity contribution in [2.45, 2.75) is 6.92 Å². The minimum absolute atomic E-state index is 0.0288. The van der Waals surface area contributed by atoms with Gasteiger partial charge in [-0.1, -0.05) is 12.1 Å². The lowest BCUT2D eigenvalue weighted by Crippen LogP contribution is -2.46. The molecule has 0 saturated heterocycles. The first-order valence-corrected chi connectivity index (χ1v) is 9.29. The van der Waals surface area contributed by atoms with Crippen LogP contribution in [0.25, 0.3) is 5.57 Å². The summed E-state index contributed by atoms with van der Waals surface area (Å²) in [7, 11) is 3.70. The Bertz CT molecular complexity index is 1250. The number of aliphatic carboxylic acids is 1. The lowest BCUT2D eigenvalue weighted by atomic mass is 9.91. The number of carbonyl (C=O) groups is 4. The molecule has 0 fully saturated rings. The van der Waals surface area contributed by atoms with Crippen molar-refractivity contribution in [2.24, 2.45) is 0 Å². The van der Waals surface area contributed by atoms with E-state index in [1.165, 1.54) is 6.92 Å². The zero-order valence-electron chi connectivity index (χ0n) is 17.4. The Labute approximate surface area is 182 Å². The molecule has 1 aromatic rings. The molecule has 10 nitrogen and oxygen atoms in total. The minimum Gasteiger partial charge on any atom is -0.480 e. The van der Waals surface area contributed by atoms with Crippen LogP contribution < -0.4 is 10.2 Å². The molecule has 32 heavy (non-hydrogen) atoms. The fourth-order valence-electron chi connectivity index (χ4n) is 3.49. The van der Waals surface area contributed by atoms with E-state index in [2.05, 4.69) is 5.32 Å². The molecule has 0 bridgehead atoms. The number of carboxylic acids is 1. The van der Waals surface area contributed by atoms with Crippen molar-refractivity contribution >= 4 is 35.0 Å². The number of amides is 3. The summed E-state index contributed by atoms with van der Waals surface area (Å²) in [6.45, 7) is 0.366. The van der Waals surface area contributed by atoms with Crippen LogP contribution in [0.5, 0.6) is 0 Å². The molecule has 2 aliphatic heterocycles. The predicted molar refractivity (Wildman–Crippen MR) is 111 cm³/mol. The van der Waals surface area contributed by atoms with Crippen LogP contribution in [0.1, 0.15) is 12.5 Å². The highest BCUT2D eigenvalue weighted by molar-refractivity contribution is 6.27. The average Bonchev–Trinajstić information content (AvgIpc) is 3.07. The molecular formula is C22H17N5O5. The van der Waals surface area contributed by atoms with Gasteiger partial charge in [-0.05, 0) is 30.2 Å². The maximum Gasteiger partial charge on any atom is 0.323 e. The third-order valence-corrected chi connectivity index (χ3v) is 5.07. The molecule has 2 N–H and O–H groups in total. The summed E-state index contributed by atoms with van der Waals surface area (Å²) in [5.74, 6) is -4.15. The summed E-state index contributed by atoms with van der Waals surface area (Å²) in [5, 5.41) is 30.8. The van der Waals surface area contributed by atoms with Gasteiger partial charge in [0.2, 0.25) is 0 Å². The fourth-order valence-corrected chi connectivity index (χ4v) is 3.49. The summed E-state index contributed by atoms with van der Waals surface area (Å²) in [6, 6.07) is 10.4. The van der Waals surface area contributed by atoms with Crippen LogP contribution in [-0.4, -0.2) is 54.3 Å². The van der Waals surface area contributed by atoms with Crippen LogP contribution in [0, 0.1) is 22.7 Å². The second-order valence-electron chi connectivity index (χ2n) is 7.21. The van der Waals surface area contributed by atoms with E-state index in [4.69, 9.17) is 5.11 Å². The van der Waals surface area contributed by atoms with Crippen LogP contribution in [-0.2, 0) is 19.2 Å². The third kappa shape index (κ3) is 3.50. The molecule has 0 aromatic heterocycles. The van der Waals surface area contributed by atoms with Gasteiger partial charge in [0.1, 0.15) is 24.3 Å². The first-order chi connectivity index (χ1) is 15.1. The second-order valence-corrected chi connectivity index (χ2v) is 7.21. The summed E-state index contributed by atoms with van der Waals surface area (Å²) >= 11 is 0. The number of benzene rings is 1. The zero-order valence-corrected chi connectivity index (χ0v) is 17.4. The minimum atomic E-state index is -1.46. The van der Waals surface area contributed by atoms with E-state index >= 15 is 0 Å². The quantitative estimate of drug-likeness (QED) is 0.522. The standard InChI is InChI=1S/C22H17N5O5/c1-11-14(8-23)21(31)27(10-16(28)29)22(32)17(11)19-15(9-24)18(20(30)25-19)12-4-6-13(7-5-12)26(2)3/h4-7H,10H2,1-3H3,(H,25,30)(H,28,29)/b19-17+. The van der Waals surface area contributed by atoms with Gasteiger partial charge in [0.05, 0.1) is 22.4 Å². The number of hydrogen-bond acceptors (Lipinski definition) is 7. The number of nitrogens with one attached hydrogen (secondary N) is 1. The fraction of sp³-hybridized carbons (Fsp3) is 0.182. The molecule has 2 aliphatic rings. The van der Waals surface area contributed by atoms with Crippen molar-refractivity contribution in [1.29, 1.82) is 10.5 Å². The molecule has 0 spiro atoms. The summed E-state index contributed by atoms with van der Waals surface area (Å²) < 4.78 is 0. The number of imide groups is 1. The topological polar surface area (TPSA) is 155 Å². The van der Waals surface area contributed by atoms with Crippen LogP contribution in [0.2, 0.25) is 0 Å². The molecule has 1 aromatic carbocycles. The van der Waals surface area contributed by atoms with E-state index in [-0.39, 0.29) is 28.0 Å². The zero-order chi connectivity index (χ0) is 23.7. The molecular weight excluding hydrogens is 414 g/mol. The van der Waals surface area contributed by atoms with Gasteiger partial charge in [-0.3, -0.25) is 24.1 Å². The molecule has 0 saturated carbocycles. The normalized spacial score (nSPS) is 18.5. The van der Waals surface area contributed by atoms with E-state index in [1.54, 1.807) is 30.3 Å². The molecule has 0 aliphatic carbocycles.